The summed E-state index contributed by atoms with van der Waals surface area (Å²) in [5.41, 5.74) is 0. The van der Waals surface area contributed by atoms with Gasteiger partial charge >= 0.3 is 0 Å². The van der Waals surface area contributed by atoms with Crippen LogP contribution < -0.4 is 0 Å². The molecule has 84 valence electrons. The van der Waals surface area contributed by atoms with Crippen LogP contribution in [0.2, 0.25) is 0 Å². The van der Waals surface area contributed by atoms with Crippen molar-refractivity contribution in [1.29, 1.82) is 0 Å². The fourth-order valence-corrected chi connectivity index (χ4v) is 1.85. The minimum absolute atomic E-state index is 0.927. The number of unbranched alkanes of at least 4 members (excludes halogenated alkanes) is 5. The van der Waals surface area contributed by atoms with Gasteiger partial charge in [0.1, 0.15) is 0 Å². The van der Waals surface area contributed by atoms with Gasteiger partial charge in [-0.2, -0.15) is 0 Å². The molecule has 1 unspecified atom stereocenters. The van der Waals surface area contributed by atoms with E-state index in [1.807, 2.05) is 6.08 Å². The van der Waals surface area contributed by atoms with E-state index in [9.17, 15) is 0 Å². The molecule has 0 fully saturated rings. The van der Waals surface area contributed by atoms with E-state index in [4.69, 9.17) is 0 Å². The molecular formula is C14H28. The maximum Gasteiger partial charge on any atom is -0.0353 e. The van der Waals surface area contributed by atoms with Crippen LogP contribution in [0.4, 0.5) is 0 Å². The van der Waals surface area contributed by atoms with Gasteiger partial charge in [0.25, 0.3) is 0 Å². The highest BCUT2D eigenvalue weighted by Gasteiger charge is 2.00. The minimum atomic E-state index is 0.927. The topological polar surface area (TPSA) is 0 Å². The summed E-state index contributed by atoms with van der Waals surface area (Å²) < 4.78 is 0. The highest BCUT2D eigenvalue weighted by Crippen LogP contribution is 2.16. The standard InChI is InChI=1S/C14H28/c1-4-6-8-9-11-13-14(3)12-10-7-5-2/h5,14H,2,4,6-13H2,1,3H3. The van der Waals surface area contributed by atoms with E-state index < -0.39 is 0 Å². The van der Waals surface area contributed by atoms with Crippen molar-refractivity contribution in [2.45, 2.75) is 71.6 Å². The number of rotatable bonds is 10. The average molecular weight is 196 g/mol. The van der Waals surface area contributed by atoms with E-state index in [0.29, 0.717) is 0 Å². The SMILES string of the molecule is C=CCCCC(C)CCCCCCC. The van der Waals surface area contributed by atoms with Gasteiger partial charge in [-0.15, -0.1) is 6.58 Å². The van der Waals surface area contributed by atoms with E-state index in [1.54, 1.807) is 0 Å². The van der Waals surface area contributed by atoms with Gasteiger partial charge < -0.3 is 0 Å². The molecule has 0 rings (SSSR count). The second-order valence-electron chi connectivity index (χ2n) is 4.53. The first kappa shape index (κ1) is 13.7. The van der Waals surface area contributed by atoms with E-state index in [-0.39, 0.29) is 0 Å². The van der Waals surface area contributed by atoms with E-state index >= 15 is 0 Å². The zero-order valence-corrected chi connectivity index (χ0v) is 10.2. The Labute approximate surface area is 90.8 Å². The number of hydrogen-bond donors (Lipinski definition) is 0. The molecule has 0 bridgehead atoms. The molecule has 0 spiro atoms. The third kappa shape index (κ3) is 9.83. The molecule has 0 saturated carbocycles. The van der Waals surface area contributed by atoms with Gasteiger partial charge in [-0.3, -0.25) is 0 Å². The van der Waals surface area contributed by atoms with E-state index in [2.05, 4.69) is 20.4 Å². The molecular weight excluding hydrogens is 168 g/mol. The molecule has 0 aliphatic heterocycles. The smallest absolute Gasteiger partial charge is 0.0353 e. The van der Waals surface area contributed by atoms with Crippen LogP contribution in [-0.4, -0.2) is 0 Å². The van der Waals surface area contributed by atoms with Crippen molar-refractivity contribution in [2.75, 3.05) is 0 Å². The maximum atomic E-state index is 3.75. The molecule has 0 aromatic rings. The molecule has 14 heavy (non-hydrogen) atoms. The Hall–Kier alpha value is -0.260. The molecule has 0 heterocycles. The van der Waals surface area contributed by atoms with Gasteiger partial charge in [-0.05, 0) is 18.8 Å². The van der Waals surface area contributed by atoms with Crippen molar-refractivity contribution in [3.63, 3.8) is 0 Å². The van der Waals surface area contributed by atoms with Crippen LogP contribution in [-0.2, 0) is 0 Å². The molecule has 0 saturated heterocycles. The summed E-state index contributed by atoms with van der Waals surface area (Å²) in [4.78, 5) is 0. The van der Waals surface area contributed by atoms with Crippen LogP contribution in [0, 0.1) is 5.92 Å². The lowest BCUT2D eigenvalue weighted by molar-refractivity contribution is 0.447. The summed E-state index contributed by atoms with van der Waals surface area (Å²) in [6, 6.07) is 0. The summed E-state index contributed by atoms with van der Waals surface area (Å²) in [5, 5.41) is 0. The molecule has 0 N–H and O–H groups in total. The van der Waals surface area contributed by atoms with Crippen molar-refractivity contribution in [2.24, 2.45) is 5.92 Å². The van der Waals surface area contributed by atoms with Crippen molar-refractivity contribution in [3.8, 4) is 0 Å². The summed E-state index contributed by atoms with van der Waals surface area (Å²) in [6.07, 6.45) is 14.5. The van der Waals surface area contributed by atoms with Crippen molar-refractivity contribution < 1.29 is 0 Å². The second-order valence-corrected chi connectivity index (χ2v) is 4.53. The fourth-order valence-electron chi connectivity index (χ4n) is 1.85. The zero-order valence-electron chi connectivity index (χ0n) is 10.2. The minimum Gasteiger partial charge on any atom is -0.103 e. The van der Waals surface area contributed by atoms with Gasteiger partial charge in [-0.1, -0.05) is 64.9 Å². The molecule has 0 aliphatic carbocycles. The van der Waals surface area contributed by atoms with Crippen molar-refractivity contribution in [3.05, 3.63) is 12.7 Å². The van der Waals surface area contributed by atoms with Crippen LogP contribution in [0.25, 0.3) is 0 Å². The lowest BCUT2D eigenvalue weighted by atomic mass is 9.97. The monoisotopic (exact) mass is 196 g/mol. The first-order chi connectivity index (χ1) is 6.81. The first-order valence-electron chi connectivity index (χ1n) is 6.42. The van der Waals surface area contributed by atoms with Crippen LogP contribution in [0.5, 0.6) is 0 Å². The summed E-state index contributed by atoms with van der Waals surface area (Å²) in [5.74, 6) is 0.927. The molecule has 0 aliphatic rings. The predicted molar refractivity (Wildman–Crippen MR) is 66.6 cm³/mol. The van der Waals surface area contributed by atoms with Crippen molar-refractivity contribution >= 4 is 0 Å². The molecule has 1 atom stereocenters. The normalized spacial score (nSPS) is 12.7. The summed E-state index contributed by atoms with van der Waals surface area (Å²) in [6.45, 7) is 8.42. The van der Waals surface area contributed by atoms with Gasteiger partial charge in [0.2, 0.25) is 0 Å². The molecule has 0 nitrogen and oxygen atoms in total. The Morgan fingerprint density at radius 2 is 1.64 bits per heavy atom. The Morgan fingerprint density at radius 1 is 1.00 bits per heavy atom. The maximum absolute atomic E-state index is 3.75. The number of allylic oxidation sites excluding steroid dienone is 1. The molecule has 0 amide bonds. The van der Waals surface area contributed by atoms with Gasteiger partial charge in [0.05, 0.1) is 0 Å². The highest BCUT2D eigenvalue weighted by molar-refractivity contribution is 4.66. The third-order valence-corrected chi connectivity index (χ3v) is 2.91. The Bertz CT molecular complexity index is 115. The van der Waals surface area contributed by atoms with Crippen molar-refractivity contribution in [1.82, 2.24) is 0 Å². The highest BCUT2D eigenvalue weighted by atomic mass is 14.1. The molecule has 0 radical (unpaired) electrons. The Balaban J connectivity index is 3.09. The first-order valence-corrected chi connectivity index (χ1v) is 6.42. The third-order valence-electron chi connectivity index (χ3n) is 2.91. The number of hydrogen-bond acceptors (Lipinski definition) is 0. The molecule has 0 aromatic heterocycles. The lowest BCUT2D eigenvalue weighted by Gasteiger charge is -2.09. The summed E-state index contributed by atoms with van der Waals surface area (Å²) in [7, 11) is 0. The zero-order chi connectivity index (χ0) is 10.6. The average Bonchev–Trinajstić information content (AvgIpc) is 2.18. The lowest BCUT2D eigenvalue weighted by Crippen LogP contribution is -1.94. The Kier molecular flexibility index (Phi) is 10.6. The van der Waals surface area contributed by atoms with Crippen LogP contribution >= 0.6 is 0 Å². The van der Waals surface area contributed by atoms with Gasteiger partial charge in [-0.25, -0.2) is 0 Å². The van der Waals surface area contributed by atoms with Gasteiger partial charge in [0, 0.05) is 0 Å². The predicted octanol–water partition coefficient (Wildman–Crippen LogP) is 5.34. The molecule has 0 aromatic carbocycles. The fraction of sp³-hybridized carbons (Fsp3) is 0.857. The largest absolute Gasteiger partial charge is 0.103 e. The van der Waals surface area contributed by atoms with Crippen LogP contribution in [0.1, 0.15) is 71.6 Å². The second kappa shape index (κ2) is 10.8. The van der Waals surface area contributed by atoms with Gasteiger partial charge in [0.15, 0.2) is 0 Å². The van der Waals surface area contributed by atoms with Crippen LogP contribution in [0.3, 0.4) is 0 Å². The van der Waals surface area contributed by atoms with Crippen LogP contribution in [0.15, 0.2) is 12.7 Å². The quantitative estimate of drug-likeness (QED) is 0.327. The summed E-state index contributed by atoms with van der Waals surface area (Å²) >= 11 is 0. The van der Waals surface area contributed by atoms with E-state index in [1.165, 1.54) is 57.8 Å². The Morgan fingerprint density at radius 3 is 2.29 bits per heavy atom. The van der Waals surface area contributed by atoms with E-state index in [0.717, 1.165) is 5.92 Å². The molecule has 0 heteroatoms.